The van der Waals surface area contributed by atoms with Crippen molar-refractivity contribution in [3.63, 3.8) is 0 Å². The molecule has 76 valence electrons. The van der Waals surface area contributed by atoms with Crippen LogP contribution in [0.15, 0.2) is 29.2 Å². The van der Waals surface area contributed by atoms with Gasteiger partial charge in [-0.2, -0.15) is 0 Å². The van der Waals surface area contributed by atoms with Gasteiger partial charge in [0.25, 0.3) is 0 Å². The van der Waals surface area contributed by atoms with Crippen LogP contribution in [0.4, 0.5) is 0 Å². The Balaban J connectivity index is 2.27. The van der Waals surface area contributed by atoms with Crippen LogP contribution in [0, 0.1) is 0 Å². The maximum absolute atomic E-state index is 10.4. The Labute approximate surface area is 89.1 Å². The van der Waals surface area contributed by atoms with Crippen LogP contribution in [-0.2, 0) is 5.60 Å². The van der Waals surface area contributed by atoms with Crippen LogP contribution in [-0.4, -0.2) is 5.11 Å². The van der Waals surface area contributed by atoms with Crippen LogP contribution in [0.2, 0.25) is 0 Å². The number of hydrogen-bond acceptors (Lipinski definition) is 2. The fourth-order valence-corrected chi connectivity index (χ4v) is 2.82. The zero-order valence-corrected chi connectivity index (χ0v) is 9.31. The molecule has 0 radical (unpaired) electrons. The van der Waals surface area contributed by atoms with Crippen LogP contribution in [0.3, 0.4) is 0 Å². The van der Waals surface area contributed by atoms with Crippen molar-refractivity contribution in [2.45, 2.75) is 38.2 Å². The molecule has 1 aromatic rings. The Morgan fingerprint density at radius 2 is 2.29 bits per heavy atom. The van der Waals surface area contributed by atoms with Gasteiger partial charge in [-0.15, -0.1) is 11.3 Å². The van der Waals surface area contributed by atoms with Gasteiger partial charge in [-0.05, 0) is 49.6 Å². The Hall–Kier alpha value is -0.600. The van der Waals surface area contributed by atoms with E-state index >= 15 is 0 Å². The van der Waals surface area contributed by atoms with Crippen LogP contribution in [0.25, 0.3) is 0 Å². The molecule has 1 N–H and O–H groups in total. The standard InChI is InChI=1S/C12H16OS/c1-12(13,11-8-5-9-14-11)10-6-3-2-4-7-10/h5-6,8-9,13H,2-4,7H2,1H3. The first-order chi connectivity index (χ1) is 6.71. The highest BCUT2D eigenvalue weighted by Crippen LogP contribution is 2.37. The third-order valence-electron chi connectivity index (χ3n) is 2.92. The molecule has 0 aliphatic heterocycles. The smallest absolute Gasteiger partial charge is 0.117 e. The van der Waals surface area contributed by atoms with E-state index in [0.29, 0.717) is 0 Å². The molecule has 0 fully saturated rings. The zero-order valence-electron chi connectivity index (χ0n) is 8.49. The summed E-state index contributed by atoms with van der Waals surface area (Å²) in [6.07, 6.45) is 6.86. The van der Waals surface area contributed by atoms with Gasteiger partial charge < -0.3 is 5.11 Å². The molecule has 0 saturated carbocycles. The molecule has 1 aliphatic rings. The fourth-order valence-electron chi connectivity index (χ4n) is 1.99. The summed E-state index contributed by atoms with van der Waals surface area (Å²) in [6.45, 7) is 1.91. The summed E-state index contributed by atoms with van der Waals surface area (Å²) in [4.78, 5) is 1.06. The molecule has 1 unspecified atom stereocenters. The number of allylic oxidation sites excluding steroid dienone is 1. The predicted molar refractivity (Wildman–Crippen MR) is 60.4 cm³/mol. The molecular weight excluding hydrogens is 192 g/mol. The summed E-state index contributed by atoms with van der Waals surface area (Å²) >= 11 is 1.63. The topological polar surface area (TPSA) is 20.2 Å². The van der Waals surface area contributed by atoms with Gasteiger partial charge in [0.05, 0.1) is 0 Å². The summed E-state index contributed by atoms with van der Waals surface area (Å²) in [5.41, 5.74) is 0.473. The quantitative estimate of drug-likeness (QED) is 0.738. The van der Waals surface area contributed by atoms with E-state index in [4.69, 9.17) is 0 Å². The third kappa shape index (κ3) is 1.77. The van der Waals surface area contributed by atoms with Gasteiger partial charge >= 0.3 is 0 Å². The molecule has 1 nitrogen and oxygen atoms in total. The average molecular weight is 208 g/mol. The first-order valence-corrected chi connectivity index (χ1v) is 6.05. The molecule has 1 atom stereocenters. The monoisotopic (exact) mass is 208 g/mol. The molecule has 0 saturated heterocycles. The first kappa shape index (κ1) is 9.94. The number of thiophene rings is 1. The lowest BCUT2D eigenvalue weighted by molar-refractivity contribution is 0.0954. The molecular formula is C12H16OS. The summed E-state index contributed by atoms with van der Waals surface area (Å²) < 4.78 is 0. The minimum Gasteiger partial charge on any atom is -0.380 e. The minimum atomic E-state index is -0.728. The van der Waals surface area contributed by atoms with Crippen molar-refractivity contribution in [3.05, 3.63) is 34.0 Å². The SMILES string of the molecule is CC(O)(C1=CCCCC1)c1cccs1. The maximum atomic E-state index is 10.4. The molecule has 0 amide bonds. The van der Waals surface area contributed by atoms with E-state index in [1.54, 1.807) is 11.3 Å². The summed E-state index contributed by atoms with van der Waals surface area (Å²) in [6, 6.07) is 4.01. The Kier molecular flexibility index (Phi) is 2.75. The second-order valence-corrected chi connectivity index (χ2v) is 4.97. The lowest BCUT2D eigenvalue weighted by atomic mass is 9.86. The van der Waals surface area contributed by atoms with E-state index in [9.17, 15) is 5.11 Å². The predicted octanol–water partition coefficient (Wildman–Crippen LogP) is 3.46. The number of aliphatic hydroxyl groups is 1. The van der Waals surface area contributed by atoms with Gasteiger partial charge in [0, 0.05) is 4.88 Å². The highest BCUT2D eigenvalue weighted by molar-refractivity contribution is 7.10. The van der Waals surface area contributed by atoms with E-state index in [2.05, 4.69) is 6.08 Å². The van der Waals surface area contributed by atoms with Crippen LogP contribution < -0.4 is 0 Å². The van der Waals surface area contributed by atoms with Crippen molar-refractivity contribution < 1.29 is 5.11 Å². The lowest BCUT2D eigenvalue weighted by Crippen LogP contribution is -2.23. The third-order valence-corrected chi connectivity index (χ3v) is 4.00. The van der Waals surface area contributed by atoms with E-state index in [0.717, 1.165) is 17.7 Å². The summed E-state index contributed by atoms with van der Waals surface area (Å²) in [7, 11) is 0. The van der Waals surface area contributed by atoms with E-state index in [-0.39, 0.29) is 0 Å². The molecule has 0 aromatic carbocycles. The molecule has 0 spiro atoms. The van der Waals surface area contributed by atoms with E-state index < -0.39 is 5.60 Å². The molecule has 1 aliphatic carbocycles. The molecule has 2 heteroatoms. The van der Waals surface area contributed by atoms with Crippen LogP contribution >= 0.6 is 11.3 Å². The van der Waals surface area contributed by atoms with Crippen molar-refractivity contribution in [2.24, 2.45) is 0 Å². The van der Waals surface area contributed by atoms with Crippen molar-refractivity contribution in [1.82, 2.24) is 0 Å². The Morgan fingerprint density at radius 1 is 1.43 bits per heavy atom. The van der Waals surface area contributed by atoms with Gasteiger partial charge in [-0.1, -0.05) is 12.1 Å². The Bertz CT molecular complexity index is 322. The maximum Gasteiger partial charge on any atom is 0.117 e. The van der Waals surface area contributed by atoms with Crippen LogP contribution in [0.1, 0.15) is 37.5 Å². The minimum absolute atomic E-state index is 0.728. The van der Waals surface area contributed by atoms with Crippen molar-refractivity contribution in [1.29, 1.82) is 0 Å². The van der Waals surface area contributed by atoms with Gasteiger partial charge in [0.2, 0.25) is 0 Å². The van der Waals surface area contributed by atoms with Crippen molar-refractivity contribution in [2.75, 3.05) is 0 Å². The summed E-state index contributed by atoms with van der Waals surface area (Å²) in [5, 5.41) is 12.5. The Morgan fingerprint density at radius 3 is 2.86 bits per heavy atom. The second-order valence-electron chi connectivity index (χ2n) is 4.02. The zero-order chi connectivity index (χ0) is 10.0. The lowest BCUT2D eigenvalue weighted by Gasteiger charge is -2.28. The van der Waals surface area contributed by atoms with Gasteiger partial charge in [-0.25, -0.2) is 0 Å². The number of hydrogen-bond donors (Lipinski definition) is 1. The normalized spacial score (nSPS) is 21.4. The average Bonchev–Trinajstić information content (AvgIpc) is 2.72. The van der Waals surface area contributed by atoms with Gasteiger partial charge in [-0.3, -0.25) is 0 Å². The fraction of sp³-hybridized carbons (Fsp3) is 0.500. The number of rotatable bonds is 2. The van der Waals surface area contributed by atoms with Gasteiger partial charge in [0.15, 0.2) is 0 Å². The van der Waals surface area contributed by atoms with E-state index in [1.165, 1.54) is 18.4 Å². The van der Waals surface area contributed by atoms with E-state index in [1.807, 2.05) is 24.4 Å². The highest BCUT2D eigenvalue weighted by atomic mass is 32.1. The first-order valence-electron chi connectivity index (χ1n) is 5.17. The van der Waals surface area contributed by atoms with Crippen LogP contribution in [0.5, 0.6) is 0 Å². The van der Waals surface area contributed by atoms with Crippen molar-refractivity contribution >= 4 is 11.3 Å². The molecule has 14 heavy (non-hydrogen) atoms. The second kappa shape index (κ2) is 3.87. The highest BCUT2D eigenvalue weighted by Gasteiger charge is 2.29. The van der Waals surface area contributed by atoms with Crippen molar-refractivity contribution in [3.8, 4) is 0 Å². The van der Waals surface area contributed by atoms with Gasteiger partial charge in [0.1, 0.15) is 5.60 Å². The largest absolute Gasteiger partial charge is 0.380 e. The molecule has 1 heterocycles. The summed E-state index contributed by atoms with van der Waals surface area (Å²) in [5.74, 6) is 0. The molecule has 2 rings (SSSR count). The molecule has 1 aromatic heterocycles. The molecule has 0 bridgehead atoms.